The van der Waals surface area contributed by atoms with Crippen LogP contribution in [0.15, 0.2) is 36.0 Å². The van der Waals surface area contributed by atoms with Gasteiger partial charge in [0.05, 0.1) is 12.0 Å². The van der Waals surface area contributed by atoms with Crippen LogP contribution < -0.4 is 15.4 Å². The van der Waals surface area contributed by atoms with Crippen molar-refractivity contribution in [1.82, 2.24) is 10.6 Å². The molecule has 0 bridgehead atoms. The number of hydrogen-bond acceptors (Lipinski definition) is 3. The molecule has 1 aromatic carbocycles. The Hall–Kier alpha value is -2.44. The highest BCUT2D eigenvalue weighted by atomic mass is 19.3. The van der Waals surface area contributed by atoms with Gasteiger partial charge in [0.25, 0.3) is 0 Å². The number of carbonyl (C=O) groups excluding carboxylic acids is 2. The van der Waals surface area contributed by atoms with Crippen LogP contribution in [0.5, 0.6) is 5.75 Å². The van der Waals surface area contributed by atoms with Crippen LogP contribution in [0.3, 0.4) is 0 Å². The van der Waals surface area contributed by atoms with Crippen molar-refractivity contribution >= 4 is 11.8 Å². The van der Waals surface area contributed by atoms with E-state index in [0.717, 1.165) is 0 Å². The van der Waals surface area contributed by atoms with Gasteiger partial charge in [-0.1, -0.05) is 24.3 Å². The Kier molecular flexibility index (Phi) is 3.79. The molecule has 5 nitrogen and oxygen atoms in total. The summed E-state index contributed by atoms with van der Waals surface area (Å²) in [6.07, 6.45) is 2.72. The number of alkyl halides is 2. The fourth-order valence-corrected chi connectivity index (χ4v) is 2.91. The van der Waals surface area contributed by atoms with E-state index in [0.29, 0.717) is 24.1 Å². The van der Waals surface area contributed by atoms with E-state index in [1.54, 1.807) is 24.3 Å². The highest BCUT2D eigenvalue weighted by Crippen LogP contribution is 2.38. The normalized spacial score (nSPS) is 24.2. The molecule has 0 spiro atoms. The molecule has 1 saturated heterocycles. The maximum absolute atomic E-state index is 12.6. The first-order valence-corrected chi connectivity index (χ1v) is 6.90. The first-order chi connectivity index (χ1) is 10.6. The Morgan fingerprint density at radius 2 is 2.00 bits per heavy atom. The van der Waals surface area contributed by atoms with Crippen LogP contribution >= 0.6 is 0 Å². The molecule has 1 aliphatic carbocycles. The molecule has 1 aromatic rings. The first kappa shape index (κ1) is 14.5. The molecule has 2 aliphatic rings. The van der Waals surface area contributed by atoms with Gasteiger partial charge in [0.2, 0.25) is 0 Å². The lowest BCUT2D eigenvalue weighted by molar-refractivity contribution is -0.123. The van der Waals surface area contributed by atoms with E-state index in [1.807, 2.05) is 0 Å². The van der Waals surface area contributed by atoms with Crippen molar-refractivity contribution in [2.75, 3.05) is 0 Å². The SMILES string of the molecule is O=C1NC2=CCCC(=O)[C@H]2[C@@H](c2ccccc2OC(F)F)N1. The zero-order chi connectivity index (χ0) is 15.7. The minimum atomic E-state index is -2.98. The molecule has 0 saturated carbocycles. The monoisotopic (exact) mass is 308 g/mol. The number of hydrogen-bond donors (Lipinski definition) is 2. The quantitative estimate of drug-likeness (QED) is 0.901. The highest BCUT2D eigenvalue weighted by molar-refractivity contribution is 5.90. The third kappa shape index (κ3) is 2.66. The number of ketones is 1. The number of fused-ring (bicyclic) bond motifs is 1. The van der Waals surface area contributed by atoms with Gasteiger partial charge in [0, 0.05) is 17.7 Å². The van der Waals surface area contributed by atoms with Crippen LogP contribution in [0.2, 0.25) is 0 Å². The van der Waals surface area contributed by atoms with E-state index >= 15 is 0 Å². The average molecular weight is 308 g/mol. The third-order valence-corrected chi connectivity index (χ3v) is 3.78. The predicted octanol–water partition coefficient (Wildman–Crippen LogP) is 2.50. The van der Waals surface area contributed by atoms with Crippen LogP contribution in [-0.2, 0) is 4.79 Å². The van der Waals surface area contributed by atoms with Crippen LogP contribution in [0.4, 0.5) is 13.6 Å². The number of amides is 2. The van der Waals surface area contributed by atoms with Gasteiger partial charge in [-0.15, -0.1) is 0 Å². The molecule has 2 atom stereocenters. The van der Waals surface area contributed by atoms with E-state index in [4.69, 9.17) is 0 Å². The molecule has 7 heteroatoms. The second kappa shape index (κ2) is 5.75. The molecule has 116 valence electrons. The van der Waals surface area contributed by atoms with Crippen LogP contribution in [0.25, 0.3) is 0 Å². The first-order valence-electron chi connectivity index (χ1n) is 6.90. The van der Waals surface area contributed by atoms with E-state index in [9.17, 15) is 18.4 Å². The Bertz CT molecular complexity index is 645. The Labute approximate surface area is 125 Å². The number of Topliss-reactive ketones (excluding diaryl/α,β-unsaturated/α-hetero) is 1. The van der Waals surface area contributed by atoms with Gasteiger partial charge in [-0.3, -0.25) is 4.79 Å². The number of benzene rings is 1. The van der Waals surface area contributed by atoms with Gasteiger partial charge in [-0.25, -0.2) is 4.79 Å². The summed E-state index contributed by atoms with van der Waals surface area (Å²) in [5, 5.41) is 5.25. The lowest BCUT2D eigenvalue weighted by Gasteiger charge is -2.36. The van der Waals surface area contributed by atoms with Crippen molar-refractivity contribution in [3.8, 4) is 5.75 Å². The molecule has 1 fully saturated rings. The molecule has 1 heterocycles. The van der Waals surface area contributed by atoms with E-state index in [2.05, 4.69) is 15.4 Å². The summed E-state index contributed by atoms with van der Waals surface area (Å²) in [6, 6.07) is 5.00. The molecule has 0 unspecified atom stereocenters. The lowest BCUT2D eigenvalue weighted by atomic mass is 9.80. The van der Waals surface area contributed by atoms with Crippen molar-refractivity contribution in [3.63, 3.8) is 0 Å². The highest BCUT2D eigenvalue weighted by Gasteiger charge is 2.40. The molecule has 1 aliphatic heterocycles. The summed E-state index contributed by atoms with van der Waals surface area (Å²) in [5.74, 6) is -0.682. The van der Waals surface area contributed by atoms with Gasteiger partial charge in [0.1, 0.15) is 11.5 Å². The molecule has 0 aromatic heterocycles. The molecular weight excluding hydrogens is 294 g/mol. The van der Waals surface area contributed by atoms with Gasteiger partial charge < -0.3 is 15.4 Å². The van der Waals surface area contributed by atoms with Gasteiger partial charge in [0.15, 0.2) is 0 Å². The Balaban J connectivity index is 2.02. The summed E-state index contributed by atoms with van der Waals surface area (Å²) >= 11 is 0. The number of nitrogens with one attached hydrogen (secondary N) is 2. The maximum Gasteiger partial charge on any atom is 0.387 e. The zero-order valence-electron chi connectivity index (χ0n) is 11.5. The summed E-state index contributed by atoms with van der Waals surface area (Å²) < 4.78 is 29.6. The number of ether oxygens (including phenoxy) is 1. The zero-order valence-corrected chi connectivity index (χ0v) is 11.5. The number of urea groups is 1. The smallest absolute Gasteiger partial charge is 0.387 e. The predicted molar refractivity (Wildman–Crippen MR) is 73.3 cm³/mol. The van der Waals surface area contributed by atoms with E-state index in [1.165, 1.54) is 6.07 Å². The number of allylic oxidation sites excluding steroid dienone is 1. The second-order valence-corrected chi connectivity index (χ2v) is 5.13. The number of halogens is 2. The van der Waals surface area contributed by atoms with Gasteiger partial charge in [-0.05, 0) is 12.5 Å². The topological polar surface area (TPSA) is 67.4 Å². The molecule has 22 heavy (non-hydrogen) atoms. The third-order valence-electron chi connectivity index (χ3n) is 3.78. The fraction of sp³-hybridized carbons (Fsp3) is 0.333. The van der Waals surface area contributed by atoms with Crippen molar-refractivity contribution in [3.05, 3.63) is 41.6 Å². The van der Waals surface area contributed by atoms with Gasteiger partial charge >= 0.3 is 12.6 Å². The molecule has 2 amide bonds. The minimum Gasteiger partial charge on any atom is -0.434 e. The largest absolute Gasteiger partial charge is 0.434 e. The standard InChI is InChI=1S/C15H14F2N2O3/c16-14(17)22-11-7-2-1-4-8(11)13-12-9(18-15(21)19-13)5-3-6-10(12)20/h1-2,4-5,7,12-14H,3,6H2,(H2,18,19,21)/t12-,13+/m0/s1. The summed E-state index contributed by atoms with van der Waals surface area (Å²) in [7, 11) is 0. The fourth-order valence-electron chi connectivity index (χ4n) is 2.91. The van der Waals surface area contributed by atoms with E-state index < -0.39 is 24.6 Å². The molecule has 3 rings (SSSR count). The van der Waals surface area contributed by atoms with Crippen molar-refractivity contribution in [2.24, 2.45) is 5.92 Å². The van der Waals surface area contributed by atoms with Crippen molar-refractivity contribution in [1.29, 1.82) is 0 Å². The Morgan fingerprint density at radius 1 is 1.23 bits per heavy atom. The maximum atomic E-state index is 12.6. The summed E-state index contributed by atoms with van der Waals surface area (Å²) in [4.78, 5) is 24.0. The summed E-state index contributed by atoms with van der Waals surface area (Å²) in [6.45, 7) is -2.98. The van der Waals surface area contributed by atoms with Crippen molar-refractivity contribution < 1.29 is 23.1 Å². The molecular formula is C15H14F2N2O3. The second-order valence-electron chi connectivity index (χ2n) is 5.13. The summed E-state index contributed by atoms with van der Waals surface area (Å²) in [5.41, 5.74) is 0.889. The van der Waals surface area contributed by atoms with Crippen LogP contribution in [-0.4, -0.2) is 18.4 Å². The lowest BCUT2D eigenvalue weighted by Crippen LogP contribution is -2.51. The number of para-hydroxylation sites is 1. The molecule has 0 radical (unpaired) electrons. The Morgan fingerprint density at radius 3 is 2.77 bits per heavy atom. The van der Waals surface area contributed by atoms with Gasteiger partial charge in [-0.2, -0.15) is 8.78 Å². The van der Waals surface area contributed by atoms with Crippen molar-refractivity contribution in [2.45, 2.75) is 25.5 Å². The average Bonchev–Trinajstić information content (AvgIpc) is 2.46. The number of carbonyl (C=O) groups is 2. The molecule has 2 N–H and O–H groups in total. The van der Waals surface area contributed by atoms with Crippen LogP contribution in [0, 0.1) is 5.92 Å². The van der Waals surface area contributed by atoms with E-state index in [-0.39, 0.29) is 11.5 Å². The van der Waals surface area contributed by atoms with Crippen LogP contribution in [0.1, 0.15) is 24.4 Å². The number of rotatable bonds is 3. The minimum absolute atomic E-state index is 0.0394.